The minimum absolute atomic E-state index is 0.0980. The number of rotatable bonds is 15. The summed E-state index contributed by atoms with van der Waals surface area (Å²) in [6, 6.07) is 8.81. The predicted octanol–water partition coefficient (Wildman–Crippen LogP) is 2.46. The van der Waals surface area contributed by atoms with Gasteiger partial charge in [-0.05, 0) is 70.3 Å². The lowest BCUT2D eigenvalue weighted by atomic mass is 10.1. The molecule has 0 fully saturated rings. The van der Waals surface area contributed by atoms with Crippen molar-refractivity contribution < 1.29 is 4.79 Å². The van der Waals surface area contributed by atoms with E-state index in [1.54, 1.807) is 34.2 Å². The zero-order chi connectivity index (χ0) is 28.0. The van der Waals surface area contributed by atoms with Gasteiger partial charge in [-0.15, -0.1) is 11.3 Å². The number of carbonyl (C=O) groups excluding carboxylic acids is 1. The fourth-order valence-corrected chi connectivity index (χ4v) is 4.63. The molecule has 0 radical (unpaired) electrons. The summed E-state index contributed by atoms with van der Waals surface area (Å²) in [6.07, 6.45) is 5.97. The first-order valence-electron chi connectivity index (χ1n) is 13.0. The maximum absolute atomic E-state index is 12.6. The number of guanidine groups is 1. The van der Waals surface area contributed by atoms with Crippen molar-refractivity contribution in [3.05, 3.63) is 57.4 Å². The molecule has 39 heavy (non-hydrogen) atoms. The molecule has 0 bridgehead atoms. The third-order valence-corrected chi connectivity index (χ3v) is 6.70. The standard InChI is InChI=1S/C26H38N10O2S/c1-18-32-22(17-39-18)19-6-2-7-21(16-19)33-25(37)34-23-10-15-36(26(38)35-23)14-4-9-20(30-13-5-11-27)8-3-12-31-24(28)29/h2,6-7,10,15-17,20,30H,3-5,8-9,11-14,27H2,1H3,(H4,28,29,31)(H2,33,34,35,37,38). The normalized spacial score (nSPS) is 11.6. The topological polar surface area (TPSA) is 191 Å². The van der Waals surface area contributed by atoms with Crippen molar-refractivity contribution in [3.8, 4) is 11.3 Å². The first-order chi connectivity index (χ1) is 18.8. The molecular weight excluding hydrogens is 516 g/mol. The highest BCUT2D eigenvalue weighted by molar-refractivity contribution is 7.09. The Bertz CT molecular complexity index is 1290. The number of benzene rings is 1. The van der Waals surface area contributed by atoms with Crippen molar-refractivity contribution in [2.24, 2.45) is 22.2 Å². The summed E-state index contributed by atoms with van der Waals surface area (Å²) in [5, 5.41) is 11.9. The molecule has 12 nitrogen and oxygen atoms in total. The highest BCUT2D eigenvalue weighted by atomic mass is 32.1. The maximum Gasteiger partial charge on any atom is 0.349 e. The quantitative estimate of drug-likeness (QED) is 0.0937. The van der Waals surface area contributed by atoms with Crippen molar-refractivity contribution in [1.29, 1.82) is 0 Å². The van der Waals surface area contributed by atoms with Crippen LogP contribution in [0.25, 0.3) is 11.3 Å². The number of hydrogen-bond acceptors (Lipinski definition) is 8. The summed E-state index contributed by atoms with van der Waals surface area (Å²) in [4.78, 5) is 37.6. The molecule has 3 aromatic rings. The summed E-state index contributed by atoms with van der Waals surface area (Å²) < 4.78 is 1.54. The molecule has 2 aromatic heterocycles. The van der Waals surface area contributed by atoms with Crippen LogP contribution in [0.4, 0.5) is 16.3 Å². The number of amides is 2. The van der Waals surface area contributed by atoms with Crippen molar-refractivity contribution >= 4 is 34.8 Å². The van der Waals surface area contributed by atoms with Crippen LogP contribution < -0.4 is 38.8 Å². The Morgan fingerprint density at radius 1 is 1.13 bits per heavy atom. The van der Waals surface area contributed by atoms with Crippen LogP contribution in [-0.2, 0) is 6.54 Å². The van der Waals surface area contributed by atoms with Crippen LogP contribution in [0.2, 0.25) is 0 Å². The number of nitrogens with one attached hydrogen (secondary N) is 3. The van der Waals surface area contributed by atoms with Gasteiger partial charge in [0.25, 0.3) is 0 Å². The lowest BCUT2D eigenvalue weighted by Gasteiger charge is -2.18. The lowest BCUT2D eigenvalue weighted by Crippen LogP contribution is -2.32. The molecular formula is C26H38N10O2S. The Morgan fingerprint density at radius 2 is 1.95 bits per heavy atom. The molecule has 0 spiro atoms. The largest absolute Gasteiger partial charge is 0.370 e. The highest BCUT2D eigenvalue weighted by Gasteiger charge is 2.10. The van der Waals surface area contributed by atoms with Gasteiger partial charge >= 0.3 is 11.7 Å². The molecule has 1 unspecified atom stereocenters. The summed E-state index contributed by atoms with van der Waals surface area (Å²) in [7, 11) is 0. The van der Waals surface area contributed by atoms with Gasteiger partial charge in [0.15, 0.2) is 5.96 Å². The van der Waals surface area contributed by atoms with Crippen molar-refractivity contribution in [2.45, 2.75) is 51.6 Å². The first kappa shape index (κ1) is 29.7. The van der Waals surface area contributed by atoms with Crippen LogP contribution in [0, 0.1) is 6.92 Å². The maximum atomic E-state index is 12.6. The summed E-state index contributed by atoms with van der Waals surface area (Å²) in [5.74, 6) is 0.280. The molecule has 210 valence electrons. The predicted molar refractivity (Wildman–Crippen MR) is 158 cm³/mol. The average molecular weight is 555 g/mol. The van der Waals surface area contributed by atoms with Gasteiger partial charge in [0.1, 0.15) is 5.82 Å². The number of aromatic nitrogens is 3. The molecule has 1 atom stereocenters. The third-order valence-electron chi connectivity index (χ3n) is 5.92. The van der Waals surface area contributed by atoms with Gasteiger partial charge in [0, 0.05) is 42.0 Å². The van der Waals surface area contributed by atoms with Gasteiger partial charge < -0.3 is 27.8 Å². The van der Waals surface area contributed by atoms with E-state index >= 15 is 0 Å². The number of anilines is 2. The molecule has 1 aromatic carbocycles. The van der Waals surface area contributed by atoms with Crippen LogP contribution >= 0.6 is 11.3 Å². The number of aryl methyl sites for hydroxylation is 2. The molecule has 0 aliphatic rings. The van der Waals surface area contributed by atoms with Crippen molar-refractivity contribution in [1.82, 2.24) is 19.9 Å². The van der Waals surface area contributed by atoms with E-state index in [2.05, 4.69) is 30.9 Å². The molecule has 0 aliphatic carbocycles. The molecule has 0 aliphatic heterocycles. The van der Waals surface area contributed by atoms with Gasteiger partial charge in [-0.25, -0.2) is 14.6 Å². The van der Waals surface area contributed by atoms with E-state index in [4.69, 9.17) is 17.2 Å². The second kappa shape index (κ2) is 15.6. The second-order valence-corrected chi connectivity index (χ2v) is 10.1. The number of carbonyl (C=O) groups is 1. The molecule has 13 heteroatoms. The minimum atomic E-state index is -0.488. The molecule has 0 saturated carbocycles. The summed E-state index contributed by atoms with van der Waals surface area (Å²) >= 11 is 1.57. The van der Waals surface area contributed by atoms with Crippen LogP contribution in [0.5, 0.6) is 0 Å². The van der Waals surface area contributed by atoms with E-state index < -0.39 is 11.7 Å². The van der Waals surface area contributed by atoms with E-state index in [1.165, 1.54) is 0 Å². The Morgan fingerprint density at radius 3 is 2.67 bits per heavy atom. The number of aliphatic imine (C=N–C) groups is 1. The summed E-state index contributed by atoms with van der Waals surface area (Å²) in [5.41, 5.74) is 18.3. The molecule has 2 heterocycles. The monoisotopic (exact) mass is 554 g/mol. The fourth-order valence-electron chi connectivity index (χ4n) is 4.01. The third kappa shape index (κ3) is 10.5. The minimum Gasteiger partial charge on any atom is -0.370 e. The van der Waals surface area contributed by atoms with E-state index in [-0.39, 0.29) is 17.8 Å². The van der Waals surface area contributed by atoms with Crippen LogP contribution in [0.15, 0.2) is 51.7 Å². The van der Waals surface area contributed by atoms with E-state index in [9.17, 15) is 9.59 Å². The Hall–Kier alpha value is -3.81. The number of hydrogen-bond donors (Lipinski definition) is 6. The van der Waals surface area contributed by atoms with Crippen molar-refractivity contribution in [2.75, 3.05) is 30.3 Å². The van der Waals surface area contributed by atoms with Gasteiger partial charge in [-0.2, -0.15) is 4.98 Å². The molecule has 3 rings (SSSR count). The SMILES string of the molecule is Cc1nc(-c2cccc(NC(=O)Nc3ccn(CCCC(CCCN=C(N)N)NCCCN)c(=O)n3)c2)cs1. The zero-order valence-electron chi connectivity index (χ0n) is 22.2. The van der Waals surface area contributed by atoms with Crippen molar-refractivity contribution in [3.63, 3.8) is 0 Å². The Kier molecular flexibility index (Phi) is 11.9. The van der Waals surface area contributed by atoms with Crippen LogP contribution in [-0.4, -0.2) is 52.2 Å². The number of urea groups is 1. The van der Waals surface area contributed by atoms with Gasteiger partial charge in [0.2, 0.25) is 0 Å². The first-order valence-corrected chi connectivity index (χ1v) is 13.9. The Labute approximate surface area is 232 Å². The number of thiazole rings is 1. The smallest absolute Gasteiger partial charge is 0.349 e. The molecule has 9 N–H and O–H groups in total. The lowest BCUT2D eigenvalue weighted by molar-refractivity contribution is 0.262. The number of nitrogens with two attached hydrogens (primary N) is 3. The number of nitrogens with zero attached hydrogens (tertiary/aromatic N) is 4. The Balaban J connectivity index is 1.49. The molecule has 2 amide bonds. The average Bonchev–Trinajstić information content (AvgIpc) is 3.34. The molecule has 0 saturated heterocycles. The van der Waals surface area contributed by atoms with Crippen LogP contribution in [0.3, 0.4) is 0 Å². The van der Waals surface area contributed by atoms with E-state index in [0.717, 1.165) is 54.9 Å². The highest BCUT2D eigenvalue weighted by Crippen LogP contribution is 2.24. The van der Waals surface area contributed by atoms with E-state index in [1.807, 2.05) is 30.5 Å². The van der Waals surface area contributed by atoms with Crippen LogP contribution in [0.1, 0.15) is 37.1 Å². The second-order valence-electron chi connectivity index (χ2n) is 9.08. The zero-order valence-corrected chi connectivity index (χ0v) is 23.0. The summed E-state index contributed by atoms with van der Waals surface area (Å²) in [6.45, 7) is 4.51. The van der Waals surface area contributed by atoms with Gasteiger partial charge in [-0.1, -0.05) is 12.1 Å². The fraction of sp³-hybridized carbons (Fsp3) is 0.423. The van der Waals surface area contributed by atoms with E-state index in [0.29, 0.717) is 25.3 Å². The van der Waals surface area contributed by atoms with Gasteiger partial charge in [-0.3, -0.25) is 14.9 Å². The van der Waals surface area contributed by atoms with Gasteiger partial charge in [0.05, 0.1) is 10.7 Å².